The van der Waals surface area contributed by atoms with Crippen molar-refractivity contribution in [2.24, 2.45) is 0 Å². The minimum absolute atomic E-state index is 0.492. The first kappa shape index (κ1) is 13.2. The molecular formula is C12H16Br2N2O. The van der Waals surface area contributed by atoms with E-state index in [0.717, 1.165) is 34.3 Å². The number of ether oxygens (including phenoxy) is 1. The first-order chi connectivity index (χ1) is 8.13. The van der Waals surface area contributed by atoms with Crippen molar-refractivity contribution in [3.8, 4) is 5.75 Å². The molecule has 1 N–H and O–H groups in total. The summed E-state index contributed by atoms with van der Waals surface area (Å²) in [4.78, 5) is 2.40. The first-order valence-electron chi connectivity index (χ1n) is 5.64. The van der Waals surface area contributed by atoms with E-state index in [-0.39, 0.29) is 0 Å². The third-order valence-electron chi connectivity index (χ3n) is 3.03. The highest BCUT2D eigenvalue weighted by Gasteiger charge is 2.21. The van der Waals surface area contributed by atoms with Gasteiger partial charge in [-0.15, -0.1) is 0 Å². The molecule has 1 unspecified atom stereocenters. The Kier molecular flexibility index (Phi) is 4.33. The van der Waals surface area contributed by atoms with Crippen molar-refractivity contribution >= 4 is 37.5 Å². The number of nitrogens with zero attached hydrogens (tertiary/aromatic N) is 1. The summed E-state index contributed by atoms with van der Waals surface area (Å²) >= 11 is 7.12. The maximum absolute atomic E-state index is 5.36. The summed E-state index contributed by atoms with van der Waals surface area (Å²) in [5.41, 5.74) is 1.19. The Morgan fingerprint density at radius 3 is 2.76 bits per heavy atom. The lowest BCUT2D eigenvalue weighted by Gasteiger charge is -2.36. The topological polar surface area (TPSA) is 24.5 Å². The molecule has 1 aromatic rings. The van der Waals surface area contributed by atoms with E-state index in [1.165, 1.54) is 5.69 Å². The van der Waals surface area contributed by atoms with E-state index in [9.17, 15) is 0 Å². The molecule has 0 spiro atoms. The molecule has 1 aliphatic heterocycles. The summed E-state index contributed by atoms with van der Waals surface area (Å²) in [6.45, 7) is 5.29. The van der Waals surface area contributed by atoms with Gasteiger partial charge in [0.05, 0.1) is 17.3 Å². The van der Waals surface area contributed by atoms with Gasteiger partial charge in [-0.25, -0.2) is 0 Å². The normalized spacial score (nSPS) is 20.5. The number of methoxy groups -OCH3 is 1. The van der Waals surface area contributed by atoms with Crippen molar-refractivity contribution in [2.45, 2.75) is 13.0 Å². The Balaban J connectivity index is 2.36. The standard InChI is InChI=1S/C12H16Br2N2O/c1-8-7-15-3-4-16(8)11-6-12(17-2)10(14)5-9(11)13/h5-6,8,15H,3-4,7H2,1-2H3. The molecule has 1 fully saturated rings. The fourth-order valence-corrected chi connectivity index (χ4v) is 3.48. The molecule has 0 bridgehead atoms. The van der Waals surface area contributed by atoms with E-state index < -0.39 is 0 Å². The molecule has 3 nitrogen and oxygen atoms in total. The second kappa shape index (κ2) is 5.59. The quantitative estimate of drug-likeness (QED) is 0.874. The average Bonchev–Trinajstić information content (AvgIpc) is 2.31. The largest absolute Gasteiger partial charge is 0.495 e. The fraction of sp³-hybridized carbons (Fsp3) is 0.500. The molecule has 0 aromatic heterocycles. The average molecular weight is 364 g/mol. The predicted octanol–water partition coefficient (Wildman–Crippen LogP) is 3.02. The number of piperazine rings is 1. The summed E-state index contributed by atoms with van der Waals surface area (Å²) in [5, 5.41) is 3.40. The Bertz CT molecular complexity index is 412. The molecule has 1 saturated heterocycles. The molecule has 94 valence electrons. The van der Waals surface area contributed by atoms with Crippen LogP contribution in [0, 0.1) is 0 Å². The van der Waals surface area contributed by atoms with Gasteiger partial charge in [0.2, 0.25) is 0 Å². The van der Waals surface area contributed by atoms with E-state index >= 15 is 0 Å². The fourth-order valence-electron chi connectivity index (χ4n) is 2.09. The zero-order chi connectivity index (χ0) is 12.4. The van der Waals surface area contributed by atoms with Crippen LogP contribution in [0.25, 0.3) is 0 Å². The molecule has 1 aromatic carbocycles. The van der Waals surface area contributed by atoms with Gasteiger partial charge < -0.3 is 15.0 Å². The van der Waals surface area contributed by atoms with Crippen LogP contribution >= 0.6 is 31.9 Å². The second-order valence-corrected chi connectivity index (χ2v) is 5.89. The van der Waals surface area contributed by atoms with Gasteiger partial charge in [-0.05, 0) is 44.8 Å². The van der Waals surface area contributed by atoms with Crippen LogP contribution in [0.5, 0.6) is 5.75 Å². The lowest BCUT2D eigenvalue weighted by atomic mass is 10.1. The van der Waals surface area contributed by atoms with Gasteiger partial charge >= 0.3 is 0 Å². The van der Waals surface area contributed by atoms with Gasteiger partial charge in [-0.3, -0.25) is 0 Å². The number of halogens is 2. The predicted molar refractivity (Wildman–Crippen MR) is 78.1 cm³/mol. The summed E-state index contributed by atoms with van der Waals surface area (Å²) in [5.74, 6) is 0.869. The monoisotopic (exact) mass is 362 g/mol. The van der Waals surface area contributed by atoms with Crippen LogP contribution in [0.15, 0.2) is 21.1 Å². The minimum atomic E-state index is 0.492. The van der Waals surface area contributed by atoms with Crippen LogP contribution in [-0.4, -0.2) is 32.8 Å². The third-order valence-corrected chi connectivity index (χ3v) is 4.29. The lowest BCUT2D eigenvalue weighted by molar-refractivity contribution is 0.411. The van der Waals surface area contributed by atoms with Crippen LogP contribution in [-0.2, 0) is 0 Å². The molecule has 1 atom stereocenters. The maximum atomic E-state index is 5.36. The van der Waals surface area contributed by atoms with Gasteiger partial charge in [0.15, 0.2) is 0 Å². The zero-order valence-corrected chi connectivity index (χ0v) is 13.1. The van der Waals surface area contributed by atoms with Gasteiger partial charge in [0, 0.05) is 36.2 Å². The van der Waals surface area contributed by atoms with E-state index in [1.807, 2.05) is 6.07 Å². The summed E-state index contributed by atoms with van der Waals surface area (Å²) < 4.78 is 7.42. The number of benzene rings is 1. The van der Waals surface area contributed by atoms with E-state index in [2.05, 4.69) is 55.1 Å². The van der Waals surface area contributed by atoms with Crippen molar-refractivity contribution in [1.29, 1.82) is 0 Å². The summed E-state index contributed by atoms with van der Waals surface area (Å²) in [6.07, 6.45) is 0. The van der Waals surface area contributed by atoms with Crippen molar-refractivity contribution < 1.29 is 4.74 Å². The second-order valence-electron chi connectivity index (χ2n) is 4.18. The third kappa shape index (κ3) is 2.77. The van der Waals surface area contributed by atoms with Gasteiger partial charge in [0.1, 0.15) is 5.75 Å². The molecular weight excluding hydrogens is 348 g/mol. The molecule has 5 heteroatoms. The molecule has 17 heavy (non-hydrogen) atoms. The summed E-state index contributed by atoms with van der Waals surface area (Å²) in [6, 6.07) is 4.62. The molecule has 0 aliphatic carbocycles. The van der Waals surface area contributed by atoms with Crippen LogP contribution in [0.2, 0.25) is 0 Å². The van der Waals surface area contributed by atoms with Crippen molar-refractivity contribution in [3.63, 3.8) is 0 Å². The van der Waals surface area contributed by atoms with Crippen molar-refractivity contribution in [2.75, 3.05) is 31.6 Å². The summed E-state index contributed by atoms with van der Waals surface area (Å²) in [7, 11) is 1.69. The number of rotatable bonds is 2. The smallest absolute Gasteiger partial charge is 0.135 e. The zero-order valence-electron chi connectivity index (χ0n) is 9.96. The lowest BCUT2D eigenvalue weighted by Crippen LogP contribution is -2.50. The number of hydrogen-bond acceptors (Lipinski definition) is 3. The van der Waals surface area contributed by atoms with E-state index in [4.69, 9.17) is 4.74 Å². The number of anilines is 1. The Labute approximate surface area is 119 Å². The van der Waals surface area contributed by atoms with Crippen LogP contribution in [0.1, 0.15) is 6.92 Å². The molecule has 0 radical (unpaired) electrons. The van der Waals surface area contributed by atoms with E-state index in [1.54, 1.807) is 7.11 Å². The highest BCUT2D eigenvalue weighted by atomic mass is 79.9. The molecule has 1 aliphatic rings. The number of nitrogens with one attached hydrogen (secondary N) is 1. The van der Waals surface area contributed by atoms with Gasteiger partial charge in [-0.2, -0.15) is 0 Å². The van der Waals surface area contributed by atoms with Crippen molar-refractivity contribution in [1.82, 2.24) is 5.32 Å². The molecule has 0 amide bonds. The Morgan fingerprint density at radius 1 is 1.35 bits per heavy atom. The number of hydrogen-bond donors (Lipinski definition) is 1. The van der Waals surface area contributed by atoms with Crippen LogP contribution in [0.4, 0.5) is 5.69 Å². The SMILES string of the molecule is COc1cc(N2CCNCC2C)c(Br)cc1Br. The Morgan fingerprint density at radius 2 is 2.12 bits per heavy atom. The highest BCUT2D eigenvalue weighted by Crippen LogP contribution is 2.37. The van der Waals surface area contributed by atoms with Crippen molar-refractivity contribution in [3.05, 3.63) is 21.1 Å². The molecule has 0 saturated carbocycles. The maximum Gasteiger partial charge on any atom is 0.135 e. The minimum Gasteiger partial charge on any atom is -0.495 e. The first-order valence-corrected chi connectivity index (χ1v) is 7.22. The van der Waals surface area contributed by atoms with Crippen LogP contribution in [0.3, 0.4) is 0 Å². The molecule has 2 rings (SSSR count). The molecule has 1 heterocycles. The van der Waals surface area contributed by atoms with Gasteiger partial charge in [-0.1, -0.05) is 0 Å². The van der Waals surface area contributed by atoms with Crippen LogP contribution < -0.4 is 15.0 Å². The Hall–Kier alpha value is -0.260. The van der Waals surface area contributed by atoms with E-state index in [0.29, 0.717) is 6.04 Å². The van der Waals surface area contributed by atoms with Gasteiger partial charge in [0.25, 0.3) is 0 Å². The highest BCUT2D eigenvalue weighted by molar-refractivity contribution is 9.11.